The Morgan fingerprint density at radius 3 is 2.32 bits per heavy atom. The van der Waals surface area contributed by atoms with Gasteiger partial charge in [-0.3, -0.25) is 9.88 Å². The molecule has 0 saturated carbocycles. The van der Waals surface area contributed by atoms with E-state index in [0.717, 1.165) is 43.5 Å². The van der Waals surface area contributed by atoms with Gasteiger partial charge in [0.2, 0.25) is 0 Å². The minimum atomic E-state index is -0.489. The van der Waals surface area contributed by atoms with Crippen molar-refractivity contribution in [2.75, 3.05) is 37.6 Å². The smallest absolute Gasteiger partial charge is 0.0931 e. The first-order chi connectivity index (χ1) is 9.06. The van der Waals surface area contributed by atoms with E-state index in [4.69, 9.17) is 0 Å². The van der Waals surface area contributed by atoms with Crippen molar-refractivity contribution >= 4 is 5.69 Å². The molecule has 4 nitrogen and oxygen atoms in total. The van der Waals surface area contributed by atoms with Crippen LogP contribution in [0, 0.1) is 5.92 Å². The van der Waals surface area contributed by atoms with Crippen LogP contribution in [0.25, 0.3) is 0 Å². The molecule has 1 atom stereocenters. The number of nitrogens with zero attached hydrogens (tertiary/aromatic N) is 3. The van der Waals surface area contributed by atoms with Crippen LogP contribution in [0.2, 0.25) is 0 Å². The Morgan fingerprint density at radius 1 is 1.16 bits per heavy atom. The van der Waals surface area contributed by atoms with E-state index in [1.54, 1.807) is 6.92 Å². The minimum absolute atomic E-state index is 0.489. The second kappa shape index (κ2) is 6.35. The average molecular weight is 263 g/mol. The Morgan fingerprint density at radius 2 is 1.84 bits per heavy atom. The van der Waals surface area contributed by atoms with Gasteiger partial charge in [0.1, 0.15) is 0 Å². The van der Waals surface area contributed by atoms with E-state index >= 15 is 0 Å². The molecular weight excluding hydrogens is 238 g/mol. The first kappa shape index (κ1) is 14.3. The van der Waals surface area contributed by atoms with E-state index in [1.165, 1.54) is 6.54 Å². The lowest BCUT2D eigenvalue weighted by atomic mass is 10.2. The van der Waals surface area contributed by atoms with Crippen molar-refractivity contribution in [3.05, 3.63) is 24.0 Å². The number of rotatable bonds is 4. The zero-order valence-corrected chi connectivity index (χ0v) is 12.2. The summed E-state index contributed by atoms with van der Waals surface area (Å²) in [4.78, 5) is 9.21. The Hall–Kier alpha value is -1.13. The molecule has 19 heavy (non-hydrogen) atoms. The molecule has 1 aliphatic heterocycles. The molecule has 0 radical (unpaired) electrons. The summed E-state index contributed by atoms with van der Waals surface area (Å²) in [6, 6.07) is 3.98. The summed E-state index contributed by atoms with van der Waals surface area (Å²) in [7, 11) is 0. The molecule has 1 N–H and O–H groups in total. The van der Waals surface area contributed by atoms with Crippen LogP contribution >= 0.6 is 0 Å². The Labute approximate surface area is 116 Å². The SMILES string of the molecule is CC(C)CN1CCN(c2ccc(C(C)O)nc2)CC1. The van der Waals surface area contributed by atoms with Crippen LogP contribution in [0.1, 0.15) is 32.6 Å². The zero-order valence-electron chi connectivity index (χ0n) is 12.2. The molecule has 1 aromatic rings. The van der Waals surface area contributed by atoms with Crippen LogP contribution in [0.5, 0.6) is 0 Å². The largest absolute Gasteiger partial charge is 0.387 e. The second-order valence-corrected chi connectivity index (χ2v) is 5.80. The van der Waals surface area contributed by atoms with E-state index in [-0.39, 0.29) is 0 Å². The maximum atomic E-state index is 9.46. The normalized spacial score (nSPS) is 18.9. The number of hydrogen-bond acceptors (Lipinski definition) is 4. The molecule has 1 unspecified atom stereocenters. The number of hydrogen-bond donors (Lipinski definition) is 1. The lowest BCUT2D eigenvalue weighted by molar-refractivity contribution is 0.194. The predicted octanol–water partition coefficient (Wildman–Crippen LogP) is 1.91. The average Bonchev–Trinajstić information content (AvgIpc) is 2.39. The number of aromatic nitrogens is 1. The van der Waals surface area contributed by atoms with Gasteiger partial charge in [-0.2, -0.15) is 0 Å². The monoisotopic (exact) mass is 263 g/mol. The van der Waals surface area contributed by atoms with Gasteiger partial charge < -0.3 is 10.0 Å². The molecule has 0 aromatic carbocycles. The highest BCUT2D eigenvalue weighted by molar-refractivity contribution is 5.45. The maximum Gasteiger partial charge on any atom is 0.0931 e. The topological polar surface area (TPSA) is 39.6 Å². The van der Waals surface area contributed by atoms with Gasteiger partial charge in [-0.25, -0.2) is 0 Å². The van der Waals surface area contributed by atoms with E-state index in [2.05, 4.69) is 34.7 Å². The highest BCUT2D eigenvalue weighted by Crippen LogP contribution is 2.18. The maximum absolute atomic E-state index is 9.46. The summed E-state index contributed by atoms with van der Waals surface area (Å²) in [5.74, 6) is 0.735. The molecule has 0 bridgehead atoms. The quantitative estimate of drug-likeness (QED) is 0.901. The van der Waals surface area contributed by atoms with Crippen LogP contribution in [0.3, 0.4) is 0 Å². The molecule has 2 heterocycles. The predicted molar refractivity (Wildman–Crippen MR) is 78.4 cm³/mol. The molecule has 2 rings (SSSR count). The third-order valence-electron chi connectivity index (χ3n) is 3.56. The van der Waals surface area contributed by atoms with Gasteiger partial charge in [0, 0.05) is 32.7 Å². The van der Waals surface area contributed by atoms with Crippen molar-refractivity contribution in [1.29, 1.82) is 0 Å². The van der Waals surface area contributed by atoms with E-state index in [9.17, 15) is 5.11 Å². The molecule has 0 amide bonds. The van der Waals surface area contributed by atoms with Crippen molar-refractivity contribution in [3.63, 3.8) is 0 Å². The number of pyridine rings is 1. The standard InChI is InChI=1S/C15H25N3O/c1-12(2)11-17-6-8-18(9-7-17)14-4-5-15(13(3)19)16-10-14/h4-5,10,12-13,19H,6-9,11H2,1-3H3. The first-order valence-corrected chi connectivity index (χ1v) is 7.17. The number of aliphatic hydroxyl groups is 1. The van der Waals surface area contributed by atoms with Crippen molar-refractivity contribution < 1.29 is 5.11 Å². The summed E-state index contributed by atoms with van der Waals surface area (Å²) in [6.07, 6.45) is 1.39. The van der Waals surface area contributed by atoms with Gasteiger partial charge in [-0.05, 0) is 25.0 Å². The highest BCUT2D eigenvalue weighted by Gasteiger charge is 2.18. The fraction of sp³-hybridized carbons (Fsp3) is 0.667. The fourth-order valence-corrected chi connectivity index (χ4v) is 2.54. The number of anilines is 1. The third kappa shape index (κ3) is 3.91. The lowest BCUT2D eigenvalue weighted by Crippen LogP contribution is -2.47. The molecule has 1 aliphatic rings. The molecule has 1 saturated heterocycles. The molecule has 0 aliphatic carbocycles. The molecule has 106 valence electrons. The van der Waals surface area contributed by atoms with Crippen LogP contribution in [0.4, 0.5) is 5.69 Å². The van der Waals surface area contributed by atoms with Gasteiger partial charge in [0.05, 0.1) is 23.7 Å². The number of aliphatic hydroxyl groups excluding tert-OH is 1. The van der Waals surface area contributed by atoms with Gasteiger partial charge in [-0.1, -0.05) is 13.8 Å². The Kier molecular flexibility index (Phi) is 4.77. The second-order valence-electron chi connectivity index (χ2n) is 5.80. The lowest BCUT2D eigenvalue weighted by Gasteiger charge is -2.36. The first-order valence-electron chi connectivity index (χ1n) is 7.17. The zero-order chi connectivity index (χ0) is 13.8. The molecule has 1 fully saturated rings. The van der Waals surface area contributed by atoms with E-state index < -0.39 is 6.10 Å². The van der Waals surface area contributed by atoms with Gasteiger partial charge in [-0.15, -0.1) is 0 Å². The fourth-order valence-electron chi connectivity index (χ4n) is 2.54. The Balaban J connectivity index is 1.90. The third-order valence-corrected chi connectivity index (χ3v) is 3.56. The van der Waals surface area contributed by atoms with Gasteiger partial charge in [0.25, 0.3) is 0 Å². The van der Waals surface area contributed by atoms with Crippen LogP contribution in [-0.2, 0) is 0 Å². The van der Waals surface area contributed by atoms with Crippen molar-refractivity contribution in [2.45, 2.75) is 26.9 Å². The van der Waals surface area contributed by atoms with Gasteiger partial charge >= 0.3 is 0 Å². The van der Waals surface area contributed by atoms with Crippen molar-refractivity contribution in [2.24, 2.45) is 5.92 Å². The molecule has 1 aromatic heterocycles. The molecule has 0 spiro atoms. The number of piperazine rings is 1. The van der Waals surface area contributed by atoms with Crippen LogP contribution < -0.4 is 4.90 Å². The van der Waals surface area contributed by atoms with E-state index in [0.29, 0.717) is 0 Å². The molecule has 4 heteroatoms. The highest BCUT2D eigenvalue weighted by atomic mass is 16.3. The van der Waals surface area contributed by atoms with E-state index in [1.807, 2.05) is 12.3 Å². The van der Waals surface area contributed by atoms with Crippen LogP contribution in [-0.4, -0.2) is 47.7 Å². The minimum Gasteiger partial charge on any atom is -0.387 e. The Bertz CT molecular complexity index is 381. The molecular formula is C15H25N3O. The summed E-state index contributed by atoms with van der Waals surface area (Å²) in [5, 5.41) is 9.46. The van der Waals surface area contributed by atoms with Gasteiger partial charge in [0.15, 0.2) is 0 Å². The summed E-state index contributed by atoms with van der Waals surface area (Å²) in [5.41, 5.74) is 1.90. The summed E-state index contributed by atoms with van der Waals surface area (Å²) < 4.78 is 0. The summed E-state index contributed by atoms with van der Waals surface area (Å²) in [6.45, 7) is 11.8. The van der Waals surface area contributed by atoms with Crippen molar-refractivity contribution in [1.82, 2.24) is 9.88 Å². The summed E-state index contributed by atoms with van der Waals surface area (Å²) >= 11 is 0. The van der Waals surface area contributed by atoms with Crippen molar-refractivity contribution in [3.8, 4) is 0 Å². The van der Waals surface area contributed by atoms with Crippen LogP contribution in [0.15, 0.2) is 18.3 Å².